The molecule has 2 saturated heterocycles. The Kier molecular flexibility index (Phi) is 5.35. The number of hydrogen-bond donors (Lipinski definition) is 2. The average molecular weight is 463 g/mol. The highest BCUT2D eigenvalue weighted by Crippen LogP contribution is 2.38. The minimum atomic E-state index is -0.408. The van der Waals surface area contributed by atoms with Crippen molar-refractivity contribution in [2.24, 2.45) is 0 Å². The van der Waals surface area contributed by atoms with Gasteiger partial charge < -0.3 is 15.2 Å². The maximum absolute atomic E-state index is 10.4. The molecule has 0 radical (unpaired) electrons. The molecule has 6 rings (SSSR count). The summed E-state index contributed by atoms with van der Waals surface area (Å²) in [5.41, 5.74) is 5.49. The Balaban J connectivity index is 1.21. The second-order valence-corrected chi connectivity index (χ2v) is 10.6. The van der Waals surface area contributed by atoms with Crippen LogP contribution in [0, 0.1) is 13.8 Å². The summed E-state index contributed by atoms with van der Waals surface area (Å²) in [7, 11) is 0. The Labute approximate surface area is 200 Å². The highest BCUT2D eigenvalue weighted by molar-refractivity contribution is 5.81. The molecule has 2 aliphatic heterocycles. The van der Waals surface area contributed by atoms with Gasteiger partial charge >= 0.3 is 0 Å². The standard InChI is InChI=1S/C26H34N6O2/c1-16-10-19-12-27-25(30-23-13-28-32(17(23)2)20-4-5-20)29-22(19)11-21(16)18-6-8-31(9-7-18)26(3)15-34-14-24(26)33/h10-13,18,20,24,33H,4-9,14-15H2,1-3H3,(H,27,29,30)/t24?,26-/m1/s1. The minimum absolute atomic E-state index is 0.261. The maximum Gasteiger partial charge on any atom is 0.227 e. The van der Waals surface area contributed by atoms with Crippen LogP contribution in [-0.4, -0.2) is 67.7 Å². The molecule has 3 fully saturated rings. The maximum atomic E-state index is 10.4. The smallest absolute Gasteiger partial charge is 0.227 e. The van der Waals surface area contributed by atoms with E-state index in [2.05, 4.69) is 57.9 Å². The summed E-state index contributed by atoms with van der Waals surface area (Å²) in [6.07, 6.45) is 7.95. The number of aryl methyl sites for hydroxylation is 1. The molecule has 1 saturated carbocycles. The molecule has 0 bridgehead atoms. The van der Waals surface area contributed by atoms with Crippen molar-refractivity contribution in [3.8, 4) is 0 Å². The zero-order valence-electron chi connectivity index (χ0n) is 20.3. The fraction of sp³-hybridized carbons (Fsp3) is 0.577. The van der Waals surface area contributed by atoms with Crippen molar-refractivity contribution >= 4 is 22.5 Å². The van der Waals surface area contributed by atoms with Crippen molar-refractivity contribution in [3.05, 3.63) is 41.3 Å². The molecular formula is C26H34N6O2. The van der Waals surface area contributed by atoms with E-state index in [1.807, 2.05) is 12.4 Å². The lowest BCUT2D eigenvalue weighted by atomic mass is 9.84. The van der Waals surface area contributed by atoms with Gasteiger partial charge in [0.15, 0.2) is 0 Å². The molecular weight excluding hydrogens is 428 g/mol. The van der Waals surface area contributed by atoms with Crippen LogP contribution in [-0.2, 0) is 4.74 Å². The second kappa shape index (κ2) is 8.29. The molecule has 1 unspecified atom stereocenters. The summed E-state index contributed by atoms with van der Waals surface area (Å²) in [5.74, 6) is 1.10. The van der Waals surface area contributed by atoms with Crippen molar-refractivity contribution in [1.82, 2.24) is 24.6 Å². The SMILES string of the molecule is Cc1cc2cnc(Nc3cnn(C4CC4)c3C)nc2cc1C1CCN([C@]2(C)COCC2O)CC1. The van der Waals surface area contributed by atoms with Crippen molar-refractivity contribution in [3.63, 3.8) is 0 Å². The number of aromatic nitrogens is 4. The lowest BCUT2D eigenvalue weighted by molar-refractivity contribution is -0.00214. The molecule has 0 amide bonds. The van der Waals surface area contributed by atoms with Gasteiger partial charge in [0.2, 0.25) is 5.95 Å². The molecule has 0 spiro atoms. The fourth-order valence-corrected chi connectivity index (χ4v) is 5.72. The molecule has 1 aliphatic carbocycles. The van der Waals surface area contributed by atoms with E-state index in [9.17, 15) is 5.11 Å². The van der Waals surface area contributed by atoms with Gasteiger partial charge in [-0.15, -0.1) is 0 Å². The monoisotopic (exact) mass is 462 g/mol. The van der Waals surface area contributed by atoms with Crippen molar-refractivity contribution < 1.29 is 9.84 Å². The molecule has 34 heavy (non-hydrogen) atoms. The van der Waals surface area contributed by atoms with Crippen molar-refractivity contribution in [1.29, 1.82) is 0 Å². The number of nitrogens with zero attached hydrogens (tertiary/aromatic N) is 5. The van der Waals surface area contributed by atoms with Crippen LogP contribution in [0.15, 0.2) is 24.5 Å². The van der Waals surface area contributed by atoms with Crippen molar-refractivity contribution in [2.75, 3.05) is 31.6 Å². The largest absolute Gasteiger partial charge is 0.389 e. The second-order valence-electron chi connectivity index (χ2n) is 10.6. The van der Waals surface area contributed by atoms with Crippen LogP contribution in [0.2, 0.25) is 0 Å². The average Bonchev–Trinajstić information content (AvgIpc) is 3.54. The topological polar surface area (TPSA) is 88.3 Å². The van der Waals surface area contributed by atoms with E-state index in [0.29, 0.717) is 31.1 Å². The van der Waals surface area contributed by atoms with Gasteiger partial charge in [0, 0.05) is 11.6 Å². The van der Waals surface area contributed by atoms with E-state index in [-0.39, 0.29) is 5.54 Å². The summed E-state index contributed by atoms with van der Waals surface area (Å²) in [5, 5.41) is 19.4. The number of benzene rings is 1. The van der Waals surface area contributed by atoms with Gasteiger partial charge in [-0.2, -0.15) is 5.10 Å². The molecule has 3 aliphatic rings. The third-order valence-electron chi connectivity index (χ3n) is 8.20. The van der Waals surface area contributed by atoms with E-state index in [1.165, 1.54) is 24.0 Å². The van der Waals surface area contributed by atoms with E-state index in [4.69, 9.17) is 9.72 Å². The number of likely N-dealkylation sites (tertiary alicyclic amines) is 1. The van der Waals surface area contributed by atoms with Gasteiger partial charge in [0.1, 0.15) is 0 Å². The van der Waals surface area contributed by atoms with E-state index in [0.717, 1.165) is 48.2 Å². The highest BCUT2D eigenvalue weighted by Gasteiger charge is 2.45. The van der Waals surface area contributed by atoms with Crippen molar-refractivity contribution in [2.45, 2.75) is 70.1 Å². The number of fused-ring (bicyclic) bond motifs is 1. The predicted molar refractivity (Wildman–Crippen MR) is 132 cm³/mol. The quantitative estimate of drug-likeness (QED) is 0.595. The van der Waals surface area contributed by atoms with Crippen LogP contribution in [0.1, 0.15) is 61.4 Å². The number of piperidine rings is 1. The Hall–Kier alpha value is -2.55. The van der Waals surface area contributed by atoms with Gasteiger partial charge in [-0.05, 0) is 88.7 Å². The third kappa shape index (κ3) is 3.78. The zero-order valence-corrected chi connectivity index (χ0v) is 20.3. The fourth-order valence-electron chi connectivity index (χ4n) is 5.72. The number of nitrogens with one attached hydrogen (secondary N) is 1. The van der Waals surface area contributed by atoms with Gasteiger partial charge in [0.25, 0.3) is 0 Å². The summed E-state index contributed by atoms with van der Waals surface area (Å²) < 4.78 is 7.67. The van der Waals surface area contributed by atoms with E-state index >= 15 is 0 Å². The first-order valence-corrected chi connectivity index (χ1v) is 12.5. The molecule has 1 aromatic carbocycles. The Morgan fingerprint density at radius 2 is 1.91 bits per heavy atom. The summed E-state index contributed by atoms with van der Waals surface area (Å²) >= 11 is 0. The van der Waals surface area contributed by atoms with Crippen LogP contribution >= 0.6 is 0 Å². The third-order valence-corrected chi connectivity index (χ3v) is 8.20. The van der Waals surface area contributed by atoms with Gasteiger partial charge in [-0.3, -0.25) is 9.58 Å². The first-order valence-electron chi connectivity index (χ1n) is 12.5. The predicted octanol–water partition coefficient (Wildman–Crippen LogP) is 3.85. The lowest BCUT2D eigenvalue weighted by Gasteiger charge is -2.43. The molecule has 2 atom stereocenters. The van der Waals surface area contributed by atoms with Gasteiger partial charge in [-0.25, -0.2) is 9.97 Å². The first kappa shape index (κ1) is 21.9. The van der Waals surface area contributed by atoms with Crippen LogP contribution in [0.4, 0.5) is 11.6 Å². The minimum Gasteiger partial charge on any atom is -0.389 e. The molecule has 8 nitrogen and oxygen atoms in total. The summed E-state index contributed by atoms with van der Waals surface area (Å²) in [4.78, 5) is 11.8. The molecule has 3 aromatic rings. The van der Waals surface area contributed by atoms with Crippen LogP contribution in [0.3, 0.4) is 0 Å². The number of aliphatic hydroxyl groups excluding tert-OH is 1. The normalized spacial score (nSPS) is 26.4. The molecule has 2 aromatic heterocycles. The number of ether oxygens (including phenoxy) is 1. The number of hydrogen-bond acceptors (Lipinski definition) is 7. The lowest BCUT2D eigenvalue weighted by Crippen LogP contribution is -2.56. The van der Waals surface area contributed by atoms with Crippen LogP contribution in [0.25, 0.3) is 10.9 Å². The molecule has 4 heterocycles. The molecule has 180 valence electrons. The van der Waals surface area contributed by atoms with Crippen LogP contribution in [0.5, 0.6) is 0 Å². The first-order chi connectivity index (χ1) is 16.4. The van der Waals surface area contributed by atoms with Gasteiger partial charge in [0.05, 0.1) is 54.0 Å². The summed E-state index contributed by atoms with van der Waals surface area (Å²) in [6.45, 7) is 9.42. The molecule has 8 heteroatoms. The molecule has 2 N–H and O–H groups in total. The Morgan fingerprint density at radius 3 is 2.62 bits per heavy atom. The zero-order chi connectivity index (χ0) is 23.4. The Bertz CT molecular complexity index is 1210. The Morgan fingerprint density at radius 1 is 1.12 bits per heavy atom. The number of anilines is 2. The van der Waals surface area contributed by atoms with E-state index < -0.39 is 6.10 Å². The summed E-state index contributed by atoms with van der Waals surface area (Å²) in [6, 6.07) is 5.03. The number of rotatable bonds is 5. The highest BCUT2D eigenvalue weighted by atomic mass is 16.5. The van der Waals surface area contributed by atoms with Crippen LogP contribution < -0.4 is 5.32 Å². The van der Waals surface area contributed by atoms with Gasteiger partial charge in [-0.1, -0.05) is 0 Å². The number of aliphatic hydroxyl groups is 1. The van der Waals surface area contributed by atoms with E-state index in [1.54, 1.807) is 0 Å².